The zero-order valence-electron chi connectivity index (χ0n) is 5.04. The van der Waals surface area contributed by atoms with Crippen molar-refractivity contribution in [1.82, 2.24) is 0 Å². The van der Waals surface area contributed by atoms with Gasteiger partial charge in [-0.15, -0.1) is 0 Å². The molecule has 0 aliphatic rings. The van der Waals surface area contributed by atoms with Gasteiger partial charge in [0.25, 0.3) is 0 Å². The summed E-state index contributed by atoms with van der Waals surface area (Å²) in [7, 11) is 1.43. The standard InChI is InChI=1S/C6H6INOS/c7-10-8-5-3-1-2-4-6(5)9/h1-4,8-9H. The number of rotatable bonds is 2. The molecule has 0 saturated carbocycles. The molecule has 1 aromatic rings. The Bertz CT molecular complexity index is 219. The molecule has 0 unspecified atom stereocenters. The third-order valence-electron chi connectivity index (χ3n) is 1.05. The Kier molecular flexibility index (Phi) is 3.14. The second-order valence-corrected chi connectivity index (χ2v) is 3.38. The maximum Gasteiger partial charge on any atom is 0.139 e. The van der Waals surface area contributed by atoms with E-state index in [1.54, 1.807) is 12.1 Å². The van der Waals surface area contributed by atoms with Crippen LogP contribution in [0.1, 0.15) is 0 Å². The summed E-state index contributed by atoms with van der Waals surface area (Å²) in [4.78, 5) is 0. The fraction of sp³-hybridized carbons (Fsp3) is 0. The first kappa shape index (κ1) is 8.00. The van der Waals surface area contributed by atoms with E-state index in [0.29, 0.717) is 0 Å². The van der Waals surface area contributed by atoms with Gasteiger partial charge in [0.2, 0.25) is 0 Å². The molecule has 0 heterocycles. The summed E-state index contributed by atoms with van der Waals surface area (Å²) in [6.45, 7) is 0. The predicted molar refractivity (Wildman–Crippen MR) is 53.3 cm³/mol. The van der Waals surface area contributed by atoms with Crippen molar-refractivity contribution in [3.8, 4) is 5.75 Å². The van der Waals surface area contributed by atoms with Crippen molar-refractivity contribution in [3.63, 3.8) is 0 Å². The number of phenolic OH excluding ortho intramolecular Hbond substituents is 1. The first-order valence-electron chi connectivity index (χ1n) is 2.66. The summed E-state index contributed by atoms with van der Waals surface area (Å²) in [5.41, 5.74) is 0.752. The predicted octanol–water partition coefficient (Wildman–Crippen LogP) is 2.80. The first-order chi connectivity index (χ1) is 4.84. The Morgan fingerprint density at radius 1 is 1.40 bits per heavy atom. The lowest BCUT2D eigenvalue weighted by atomic mass is 10.3. The Morgan fingerprint density at radius 3 is 2.70 bits per heavy atom. The van der Waals surface area contributed by atoms with E-state index >= 15 is 0 Å². The van der Waals surface area contributed by atoms with Crippen molar-refractivity contribution in [2.45, 2.75) is 0 Å². The van der Waals surface area contributed by atoms with Crippen molar-refractivity contribution in [3.05, 3.63) is 24.3 Å². The quantitative estimate of drug-likeness (QED) is 0.491. The number of halogens is 1. The average Bonchev–Trinajstić information content (AvgIpc) is 1.94. The number of hydrogen-bond donors (Lipinski definition) is 2. The van der Waals surface area contributed by atoms with Gasteiger partial charge in [-0.1, -0.05) is 12.1 Å². The normalized spacial score (nSPS) is 9.30. The summed E-state index contributed by atoms with van der Waals surface area (Å²) in [6.07, 6.45) is 0. The fourth-order valence-corrected chi connectivity index (χ4v) is 1.57. The first-order valence-corrected chi connectivity index (χ1v) is 6.02. The van der Waals surface area contributed by atoms with Gasteiger partial charge in [-0.3, -0.25) is 0 Å². The molecule has 54 valence electrons. The molecule has 1 aromatic carbocycles. The van der Waals surface area contributed by atoms with Crippen LogP contribution in [0.4, 0.5) is 5.69 Å². The van der Waals surface area contributed by atoms with Crippen LogP contribution in [0.2, 0.25) is 0 Å². The van der Waals surface area contributed by atoms with Crippen LogP contribution in [0, 0.1) is 0 Å². The van der Waals surface area contributed by atoms with E-state index in [0.717, 1.165) is 5.69 Å². The maximum absolute atomic E-state index is 9.16. The van der Waals surface area contributed by atoms with E-state index < -0.39 is 0 Å². The largest absolute Gasteiger partial charge is 0.506 e. The maximum atomic E-state index is 9.16. The molecule has 1 rings (SSSR count). The van der Waals surface area contributed by atoms with Crippen molar-refractivity contribution in [1.29, 1.82) is 0 Å². The summed E-state index contributed by atoms with van der Waals surface area (Å²) < 4.78 is 2.93. The zero-order valence-corrected chi connectivity index (χ0v) is 8.02. The van der Waals surface area contributed by atoms with Crippen LogP contribution >= 0.6 is 30.3 Å². The van der Waals surface area contributed by atoms with Gasteiger partial charge in [0, 0.05) is 30.3 Å². The Morgan fingerprint density at radius 2 is 2.10 bits per heavy atom. The zero-order chi connectivity index (χ0) is 7.40. The minimum atomic E-state index is 0.284. The van der Waals surface area contributed by atoms with Crippen LogP contribution in [-0.4, -0.2) is 5.11 Å². The molecule has 0 atom stereocenters. The molecule has 0 bridgehead atoms. The summed E-state index contributed by atoms with van der Waals surface area (Å²) >= 11 is 2.10. The molecule has 2 nitrogen and oxygen atoms in total. The average molecular weight is 267 g/mol. The van der Waals surface area contributed by atoms with Gasteiger partial charge in [0.1, 0.15) is 5.75 Å². The van der Waals surface area contributed by atoms with Gasteiger partial charge in [0.15, 0.2) is 0 Å². The minimum absolute atomic E-state index is 0.284. The van der Waals surface area contributed by atoms with Gasteiger partial charge >= 0.3 is 0 Å². The third-order valence-corrected chi connectivity index (χ3v) is 2.01. The van der Waals surface area contributed by atoms with Crippen LogP contribution in [0.3, 0.4) is 0 Å². The second kappa shape index (κ2) is 3.92. The van der Waals surface area contributed by atoms with E-state index in [1.165, 1.54) is 9.12 Å². The number of anilines is 1. The number of aromatic hydroxyl groups is 1. The van der Waals surface area contributed by atoms with Crippen molar-refractivity contribution in [2.24, 2.45) is 0 Å². The Hall–Kier alpha value is -0.100. The number of para-hydroxylation sites is 2. The lowest BCUT2D eigenvalue weighted by Gasteiger charge is -2.01. The molecule has 0 aliphatic heterocycles. The van der Waals surface area contributed by atoms with Gasteiger partial charge in [-0.2, -0.15) is 0 Å². The molecule has 0 spiro atoms. The summed E-state index contributed by atoms with van der Waals surface area (Å²) in [5.74, 6) is 0.284. The molecule has 0 fully saturated rings. The van der Waals surface area contributed by atoms with Gasteiger partial charge in [-0.25, -0.2) is 0 Å². The highest BCUT2D eigenvalue weighted by molar-refractivity contribution is 14.2. The number of benzene rings is 1. The highest BCUT2D eigenvalue weighted by Crippen LogP contribution is 2.26. The smallest absolute Gasteiger partial charge is 0.139 e. The number of hydrogen-bond acceptors (Lipinski definition) is 3. The van der Waals surface area contributed by atoms with Crippen LogP contribution in [0.5, 0.6) is 5.75 Å². The minimum Gasteiger partial charge on any atom is -0.506 e. The van der Waals surface area contributed by atoms with E-state index in [1.807, 2.05) is 12.1 Å². The number of nitrogens with one attached hydrogen (secondary N) is 1. The van der Waals surface area contributed by atoms with Gasteiger partial charge < -0.3 is 9.83 Å². The lowest BCUT2D eigenvalue weighted by Crippen LogP contribution is -1.80. The Labute approximate surface area is 75.7 Å². The molecule has 0 amide bonds. The highest BCUT2D eigenvalue weighted by atomic mass is 127. The summed E-state index contributed by atoms with van der Waals surface area (Å²) in [6, 6.07) is 7.13. The summed E-state index contributed by atoms with van der Waals surface area (Å²) in [5, 5.41) is 9.16. The molecule has 4 heteroatoms. The third kappa shape index (κ3) is 1.95. The molecule has 10 heavy (non-hydrogen) atoms. The molecular formula is C6H6INOS. The SMILES string of the molecule is Oc1ccccc1NSI. The van der Waals surface area contributed by atoms with Crippen LogP contribution < -0.4 is 4.72 Å². The fourth-order valence-electron chi connectivity index (χ4n) is 0.602. The molecule has 0 aromatic heterocycles. The van der Waals surface area contributed by atoms with Crippen LogP contribution in [-0.2, 0) is 0 Å². The monoisotopic (exact) mass is 267 g/mol. The van der Waals surface area contributed by atoms with E-state index in [2.05, 4.69) is 25.9 Å². The van der Waals surface area contributed by atoms with Gasteiger partial charge in [0.05, 0.1) is 5.69 Å². The molecular weight excluding hydrogens is 261 g/mol. The molecule has 0 aliphatic carbocycles. The lowest BCUT2D eigenvalue weighted by molar-refractivity contribution is 0.478. The highest BCUT2D eigenvalue weighted by Gasteiger charge is 1.94. The second-order valence-electron chi connectivity index (χ2n) is 1.70. The van der Waals surface area contributed by atoms with Gasteiger partial charge in [-0.05, 0) is 12.1 Å². The van der Waals surface area contributed by atoms with E-state index in [9.17, 15) is 0 Å². The van der Waals surface area contributed by atoms with Crippen molar-refractivity contribution >= 4 is 36.0 Å². The molecule has 0 radical (unpaired) electrons. The van der Waals surface area contributed by atoms with E-state index in [-0.39, 0.29) is 5.75 Å². The van der Waals surface area contributed by atoms with Crippen molar-refractivity contribution < 1.29 is 5.11 Å². The number of phenols is 1. The molecule has 2 N–H and O–H groups in total. The topological polar surface area (TPSA) is 32.3 Å². The Balaban J connectivity index is 2.81. The van der Waals surface area contributed by atoms with E-state index in [4.69, 9.17) is 5.11 Å². The van der Waals surface area contributed by atoms with Crippen LogP contribution in [0.15, 0.2) is 24.3 Å². The van der Waals surface area contributed by atoms with Crippen molar-refractivity contribution in [2.75, 3.05) is 4.72 Å². The molecule has 0 saturated heterocycles. The van der Waals surface area contributed by atoms with Crippen LogP contribution in [0.25, 0.3) is 0 Å².